The van der Waals surface area contributed by atoms with Gasteiger partial charge in [0.05, 0.1) is 0 Å². The molecule has 198 valence electrons. The Labute approximate surface area is 230 Å². The second-order valence-electron chi connectivity index (χ2n) is 10.00. The van der Waals surface area contributed by atoms with Crippen LogP contribution in [0.15, 0.2) is 115 Å². The monoisotopic (exact) mass is 518 g/mol. The highest BCUT2D eigenvalue weighted by atomic mass is 16.6. The van der Waals surface area contributed by atoms with Crippen LogP contribution in [0.1, 0.15) is 54.0 Å². The highest BCUT2D eigenvalue weighted by molar-refractivity contribution is 5.94. The van der Waals surface area contributed by atoms with Gasteiger partial charge in [-0.15, -0.1) is 0 Å². The first-order chi connectivity index (χ1) is 19.1. The minimum Gasteiger partial charge on any atom is -0.446 e. The maximum Gasteiger partial charge on any atom is 0.417 e. The fourth-order valence-corrected chi connectivity index (χ4v) is 5.25. The molecule has 2 atom stereocenters. The van der Waals surface area contributed by atoms with E-state index in [4.69, 9.17) is 4.74 Å². The summed E-state index contributed by atoms with van der Waals surface area (Å²) in [7, 11) is 0. The molecule has 1 heterocycles. The fraction of sp³-hybridized carbons (Fsp3) is 0.235. The molecule has 5 heteroatoms. The predicted molar refractivity (Wildman–Crippen MR) is 154 cm³/mol. The fourth-order valence-electron chi connectivity index (χ4n) is 5.25. The van der Waals surface area contributed by atoms with Gasteiger partial charge in [0.2, 0.25) is 5.91 Å². The Morgan fingerprint density at radius 2 is 1.44 bits per heavy atom. The second kappa shape index (κ2) is 12.4. The Hall–Kier alpha value is -4.38. The number of hydrogen-bond donors (Lipinski definition) is 0. The van der Waals surface area contributed by atoms with Gasteiger partial charge in [0.1, 0.15) is 12.6 Å². The molecule has 4 aromatic carbocycles. The van der Waals surface area contributed by atoms with Crippen LogP contribution in [-0.2, 0) is 22.6 Å². The minimum absolute atomic E-state index is 0.0161. The Bertz CT molecular complexity index is 1330. The van der Waals surface area contributed by atoms with Crippen molar-refractivity contribution in [3.8, 4) is 0 Å². The molecular weight excluding hydrogens is 484 g/mol. The maximum absolute atomic E-state index is 13.5. The van der Waals surface area contributed by atoms with E-state index in [-0.39, 0.29) is 30.9 Å². The first-order valence-electron chi connectivity index (χ1n) is 13.6. The minimum atomic E-state index is -0.561. The van der Waals surface area contributed by atoms with E-state index in [0.717, 1.165) is 36.3 Å². The van der Waals surface area contributed by atoms with Gasteiger partial charge in [-0.25, -0.2) is 9.69 Å². The molecule has 5 nitrogen and oxygen atoms in total. The summed E-state index contributed by atoms with van der Waals surface area (Å²) >= 11 is 0. The first-order valence-corrected chi connectivity index (χ1v) is 13.6. The van der Waals surface area contributed by atoms with Crippen LogP contribution in [0.3, 0.4) is 0 Å². The molecule has 4 aromatic rings. The number of carbonyl (C=O) groups is 2. The van der Waals surface area contributed by atoms with E-state index >= 15 is 0 Å². The van der Waals surface area contributed by atoms with Crippen molar-refractivity contribution in [3.63, 3.8) is 0 Å². The molecule has 0 saturated carbocycles. The third-order valence-electron chi connectivity index (χ3n) is 7.38. The molecule has 2 amide bonds. The molecule has 0 spiro atoms. The van der Waals surface area contributed by atoms with Gasteiger partial charge in [-0.2, -0.15) is 0 Å². The summed E-state index contributed by atoms with van der Waals surface area (Å²) < 4.78 is 5.30. The van der Waals surface area contributed by atoms with Crippen LogP contribution >= 0.6 is 0 Å². The van der Waals surface area contributed by atoms with Crippen molar-refractivity contribution >= 4 is 17.7 Å². The average molecular weight is 519 g/mol. The molecule has 1 saturated heterocycles. The van der Waals surface area contributed by atoms with Gasteiger partial charge in [-0.1, -0.05) is 110 Å². The summed E-state index contributed by atoms with van der Waals surface area (Å²) in [6, 6.07) is 38.6. The smallest absolute Gasteiger partial charge is 0.417 e. The van der Waals surface area contributed by atoms with Gasteiger partial charge in [-0.05, 0) is 46.7 Å². The summed E-state index contributed by atoms with van der Waals surface area (Å²) in [5.74, 6) is -0.216. The van der Waals surface area contributed by atoms with E-state index in [1.165, 1.54) is 16.0 Å². The quantitative estimate of drug-likeness (QED) is 0.218. The average Bonchev–Trinajstić information content (AvgIpc) is 3.38. The van der Waals surface area contributed by atoms with Crippen LogP contribution < -0.4 is 4.90 Å². The third-order valence-corrected chi connectivity index (χ3v) is 7.38. The standard InChI is InChI=1S/C34H34N2O3/c1-2-28(22-33(37)36-32(25-39-34(36)38)29-17-10-5-11-18-29)30-19-12-20-31(21-30)35(23-26-13-6-3-7-14-26)24-27-15-8-4-9-16-27/h3-21,28,32H,2,22-25H2,1H3. The number of carbonyl (C=O) groups excluding carboxylic acids is 2. The summed E-state index contributed by atoms with van der Waals surface area (Å²) in [5.41, 5.74) is 5.58. The van der Waals surface area contributed by atoms with Crippen LogP contribution in [-0.4, -0.2) is 23.5 Å². The number of cyclic esters (lactones) is 1. The second-order valence-corrected chi connectivity index (χ2v) is 10.00. The largest absolute Gasteiger partial charge is 0.446 e. The van der Waals surface area contributed by atoms with Crippen molar-refractivity contribution in [2.75, 3.05) is 11.5 Å². The number of ether oxygens (including phenoxy) is 1. The number of anilines is 1. The lowest BCUT2D eigenvalue weighted by atomic mass is 9.91. The lowest BCUT2D eigenvalue weighted by molar-refractivity contribution is -0.129. The number of nitrogens with zero attached hydrogens (tertiary/aromatic N) is 2. The van der Waals surface area contributed by atoms with Crippen LogP contribution in [0.2, 0.25) is 0 Å². The molecule has 1 aliphatic heterocycles. The molecule has 2 unspecified atom stereocenters. The van der Waals surface area contributed by atoms with E-state index < -0.39 is 6.09 Å². The van der Waals surface area contributed by atoms with Gasteiger partial charge >= 0.3 is 6.09 Å². The molecular formula is C34H34N2O3. The van der Waals surface area contributed by atoms with Gasteiger partial charge in [0, 0.05) is 25.2 Å². The van der Waals surface area contributed by atoms with Gasteiger partial charge in [0.15, 0.2) is 0 Å². The summed E-state index contributed by atoms with van der Waals surface area (Å²) in [4.78, 5) is 29.7. The molecule has 39 heavy (non-hydrogen) atoms. The molecule has 0 aromatic heterocycles. The number of amides is 2. The lowest BCUT2D eigenvalue weighted by Crippen LogP contribution is -2.35. The number of hydrogen-bond acceptors (Lipinski definition) is 4. The summed E-state index contributed by atoms with van der Waals surface area (Å²) in [6.07, 6.45) is 0.468. The third kappa shape index (κ3) is 6.37. The molecule has 0 radical (unpaired) electrons. The SMILES string of the molecule is CCC(CC(=O)N1C(=O)OCC1c1ccccc1)c1cccc(N(Cc2ccccc2)Cc2ccccc2)c1. The lowest BCUT2D eigenvalue weighted by Gasteiger charge is -2.27. The van der Waals surface area contributed by atoms with E-state index in [1.54, 1.807) is 0 Å². The van der Waals surface area contributed by atoms with Gasteiger partial charge in [0.25, 0.3) is 0 Å². The van der Waals surface area contributed by atoms with Crippen molar-refractivity contribution in [2.24, 2.45) is 0 Å². The van der Waals surface area contributed by atoms with E-state index in [2.05, 4.69) is 84.6 Å². The van der Waals surface area contributed by atoms with Crippen LogP contribution in [0.5, 0.6) is 0 Å². The highest BCUT2D eigenvalue weighted by Crippen LogP contribution is 2.33. The topological polar surface area (TPSA) is 49.9 Å². The molecule has 5 rings (SSSR count). The first kappa shape index (κ1) is 26.2. The van der Waals surface area contributed by atoms with E-state index in [1.807, 2.05) is 42.5 Å². The molecule has 0 bridgehead atoms. The zero-order valence-electron chi connectivity index (χ0n) is 22.3. The molecule has 1 aliphatic rings. The van der Waals surface area contributed by atoms with Gasteiger partial charge in [-0.3, -0.25) is 4.79 Å². The van der Waals surface area contributed by atoms with Crippen molar-refractivity contribution in [1.29, 1.82) is 0 Å². The van der Waals surface area contributed by atoms with E-state index in [9.17, 15) is 9.59 Å². The normalized spacial score (nSPS) is 15.6. The van der Waals surface area contributed by atoms with Crippen molar-refractivity contribution in [1.82, 2.24) is 4.90 Å². The zero-order valence-corrected chi connectivity index (χ0v) is 22.3. The highest BCUT2D eigenvalue weighted by Gasteiger charge is 2.39. The Balaban J connectivity index is 1.37. The van der Waals surface area contributed by atoms with Crippen molar-refractivity contribution < 1.29 is 14.3 Å². The Morgan fingerprint density at radius 1 is 0.846 bits per heavy atom. The summed E-state index contributed by atoms with van der Waals surface area (Å²) in [6.45, 7) is 3.82. The Morgan fingerprint density at radius 3 is 2.03 bits per heavy atom. The predicted octanol–water partition coefficient (Wildman–Crippen LogP) is 7.50. The number of imide groups is 1. The zero-order chi connectivity index (χ0) is 27.0. The van der Waals surface area contributed by atoms with E-state index in [0.29, 0.717) is 0 Å². The van der Waals surface area contributed by atoms with Crippen LogP contribution in [0, 0.1) is 0 Å². The Kier molecular flexibility index (Phi) is 8.37. The molecule has 1 fully saturated rings. The molecule has 0 aliphatic carbocycles. The number of benzene rings is 4. The molecule has 0 N–H and O–H groups in total. The van der Waals surface area contributed by atoms with Crippen LogP contribution in [0.25, 0.3) is 0 Å². The van der Waals surface area contributed by atoms with Crippen molar-refractivity contribution in [2.45, 2.75) is 44.8 Å². The summed E-state index contributed by atoms with van der Waals surface area (Å²) in [5, 5.41) is 0. The maximum atomic E-state index is 13.5. The van der Waals surface area contributed by atoms with Gasteiger partial charge < -0.3 is 9.64 Å². The van der Waals surface area contributed by atoms with Crippen molar-refractivity contribution in [3.05, 3.63) is 138 Å². The van der Waals surface area contributed by atoms with Crippen LogP contribution in [0.4, 0.5) is 10.5 Å². The number of rotatable bonds is 10.